The molecular weight excluding hydrogens is 365 g/mol. The molecule has 1 aromatic rings. The average Bonchev–Trinajstić information content (AvgIpc) is 3.00. The monoisotopic (exact) mass is 391 g/mol. The van der Waals surface area contributed by atoms with Crippen LogP contribution in [-0.2, 0) is 6.42 Å². The summed E-state index contributed by atoms with van der Waals surface area (Å²) in [6.07, 6.45) is 7.75. The molecule has 0 spiro atoms. The first-order valence-electron chi connectivity index (χ1n) is 7.34. The number of halogens is 1. The first kappa shape index (κ1) is 17.3. The largest absolute Gasteiger partial charge is 0.469 e. The molecule has 1 aliphatic carbocycles. The molecule has 20 heavy (non-hydrogen) atoms. The van der Waals surface area contributed by atoms with Crippen molar-refractivity contribution in [2.24, 2.45) is 4.99 Å². The molecule has 2 N–H and O–H groups in total. The summed E-state index contributed by atoms with van der Waals surface area (Å²) in [6, 6.07) is 4.91. The quantitative estimate of drug-likeness (QED) is 0.460. The predicted molar refractivity (Wildman–Crippen MR) is 93.8 cm³/mol. The summed E-state index contributed by atoms with van der Waals surface area (Å²) >= 11 is 0. The van der Waals surface area contributed by atoms with Crippen LogP contribution in [0.1, 0.15) is 45.3 Å². The van der Waals surface area contributed by atoms with Crippen LogP contribution in [0.4, 0.5) is 0 Å². The van der Waals surface area contributed by atoms with E-state index in [0.29, 0.717) is 12.1 Å². The molecule has 114 valence electrons. The number of guanidine groups is 1. The lowest BCUT2D eigenvalue weighted by atomic mass is 10.2. The summed E-state index contributed by atoms with van der Waals surface area (Å²) in [5.74, 6) is 1.93. The number of hydrogen-bond acceptors (Lipinski definition) is 2. The van der Waals surface area contributed by atoms with Gasteiger partial charge in [-0.15, -0.1) is 24.0 Å². The van der Waals surface area contributed by atoms with Crippen molar-refractivity contribution in [3.05, 3.63) is 24.2 Å². The second-order valence-electron chi connectivity index (χ2n) is 5.48. The van der Waals surface area contributed by atoms with Gasteiger partial charge >= 0.3 is 0 Å². The Morgan fingerprint density at radius 1 is 1.40 bits per heavy atom. The zero-order valence-corrected chi connectivity index (χ0v) is 14.7. The Kier molecular flexibility index (Phi) is 8.02. The zero-order chi connectivity index (χ0) is 13.5. The van der Waals surface area contributed by atoms with Crippen LogP contribution in [0.5, 0.6) is 0 Å². The molecule has 0 bridgehead atoms. The first-order chi connectivity index (χ1) is 9.24. The fourth-order valence-corrected chi connectivity index (χ4v) is 2.40. The van der Waals surface area contributed by atoms with Crippen LogP contribution >= 0.6 is 24.0 Å². The number of nitrogens with one attached hydrogen (secondary N) is 2. The molecule has 2 rings (SSSR count). The van der Waals surface area contributed by atoms with E-state index in [1.807, 2.05) is 12.1 Å². The van der Waals surface area contributed by atoms with Gasteiger partial charge in [0, 0.05) is 25.0 Å². The van der Waals surface area contributed by atoms with Gasteiger partial charge in [0.1, 0.15) is 5.76 Å². The molecule has 1 heterocycles. The fourth-order valence-electron chi connectivity index (χ4n) is 2.40. The van der Waals surface area contributed by atoms with Gasteiger partial charge in [-0.3, -0.25) is 4.99 Å². The summed E-state index contributed by atoms with van der Waals surface area (Å²) in [6.45, 7) is 5.03. The van der Waals surface area contributed by atoms with Crippen LogP contribution in [0.3, 0.4) is 0 Å². The fraction of sp³-hybridized carbons (Fsp3) is 0.667. The number of rotatable bonds is 5. The van der Waals surface area contributed by atoms with Crippen LogP contribution < -0.4 is 10.6 Å². The van der Waals surface area contributed by atoms with E-state index in [1.165, 1.54) is 25.7 Å². The minimum Gasteiger partial charge on any atom is -0.469 e. The van der Waals surface area contributed by atoms with E-state index in [4.69, 9.17) is 4.42 Å². The molecule has 0 unspecified atom stereocenters. The smallest absolute Gasteiger partial charge is 0.191 e. The van der Waals surface area contributed by atoms with Crippen molar-refractivity contribution in [2.45, 2.75) is 58.0 Å². The molecule has 1 fully saturated rings. The van der Waals surface area contributed by atoms with Crippen molar-refractivity contribution in [1.82, 2.24) is 10.6 Å². The van der Waals surface area contributed by atoms with E-state index in [1.54, 1.807) is 6.26 Å². The topological polar surface area (TPSA) is 49.6 Å². The Hall–Kier alpha value is -0.720. The third-order valence-corrected chi connectivity index (χ3v) is 3.33. The molecule has 5 heteroatoms. The van der Waals surface area contributed by atoms with Gasteiger partial charge in [-0.1, -0.05) is 12.8 Å². The highest BCUT2D eigenvalue weighted by Crippen LogP contribution is 2.17. The molecule has 0 aliphatic heterocycles. The van der Waals surface area contributed by atoms with Crippen LogP contribution in [0.2, 0.25) is 0 Å². The normalized spacial score (nSPS) is 16.2. The van der Waals surface area contributed by atoms with Gasteiger partial charge in [0.25, 0.3) is 0 Å². The highest BCUT2D eigenvalue weighted by atomic mass is 127. The van der Waals surface area contributed by atoms with Gasteiger partial charge in [0.05, 0.1) is 6.26 Å². The Labute approximate surface area is 138 Å². The molecule has 1 aromatic heterocycles. The van der Waals surface area contributed by atoms with Gasteiger partial charge in [-0.05, 0) is 38.8 Å². The molecule has 4 nitrogen and oxygen atoms in total. The summed E-state index contributed by atoms with van der Waals surface area (Å²) in [5.41, 5.74) is 0. The summed E-state index contributed by atoms with van der Waals surface area (Å²) in [5, 5.41) is 6.93. The van der Waals surface area contributed by atoms with Crippen LogP contribution in [0.15, 0.2) is 27.8 Å². The van der Waals surface area contributed by atoms with Crippen molar-refractivity contribution < 1.29 is 4.42 Å². The minimum absolute atomic E-state index is 0. The minimum atomic E-state index is 0. The van der Waals surface area contributed by atoms with Gasteiger partial charge in [-0.2, -0.15) is 0 Å². The van der Waals surface area contributed by atoms with E-state index in [9.17, 15) is 0 Å². The number of furan rings is 1. The summed E-state index contributed by atoms with van der Waals surface area (Å²) in [7, 11) is 0. The average molecular weight is 391 g/mol. The molecule has 0 radical (unpaired) electrons. The highest BCUT2D eigenvalue weighted by molar-refractivity contribution is 14.0. The van der Waals surface area contributed by atoms with Crippen LogP contribution in [0, 0.1) is 0 Å². The number of nitrogens with zero attached hydrogens (tertiary/aromatic N) is 1. The Balaban J connectivity index is 0.00000200. The van der Waals surface area contributed by atoms with Crippen molar-refractivity contribution in [2.75, 3.05) is 6.54 Å². The SMILES string of the molecule is CC(C)NC(=NCCc1ccco1)NC1CCCC1.I. The Bertz CT molecular complexity index is 384. The molecule has 1 saturated carbocycles. The Morgan fingerprint density at radius 2 is 2.15 bits per heavy atom. The maximum atomic E-state index is 5.32. The van der Waals surface area contributed by atoms with Crippen molar-refractivity contribution >= 4 is 29.9 Å². The van der Waals surface area contributed by atoms with Crippen LogP contribution in [-0.4, -0.2) is 24.6 Å². The van der Waals surface area contributed by atoms with Crippen molar-refractivity contribution in [3.8, 4) is 0 Å². The molecular formula is C15H26IN3O. The third kappa shape index (κ3) is 6.15. The molecule has 0 saturated heterocycles. The maximum Gasteiger partial charge on any atom is 0.191 e. The summed E-state index contributed by atoms with van der Waals surface area (Å²) < 4.78 is 5.32. The van der Waals surface area contributed by atoms with E-state index in [2.05, 4.69) is 29.5 Å². The molecule has 0 atom stereocenters. The summed E-state index contributed by atoms with van der Waals surface area (Å²) in [4.78, 5) is 4.64. The second kappa shape index (κ2) is 9.26. The van der Waals surface area contributed by atoms with Crippen LogP contribution in [0.25, 0.3) is 0 Å². The van der Waals surface area contributed by atoms with Gasteiger partial charge < -0.3 is 15.1 Å². The van der Waals surface area contributed by atoms with E-state index < -0.39 is 0 Å². The molecule has 0 amide bonds. The third-order valence-electron chi connectivity index (χ3n) is 3.33. The highest BCUT2D eigenvalue weighted by Gasteiger charge is 2.16. The van der Waals surface area contributed by atoms with E-state index >= 15 is 0 Å². The Morgan fingerprint density at radius 3 is 2.75 bits per heavy atom. The van der Waals surface area contributed by atoms with E-state index in [0.717, 1.165) is 24.7 Å². The van der Waals surface area contributed by atoms with Gasteiger partial charge in [0.15, 0.2) is 5.96 Å². The first-order valence-corrected chi connectivity index (χ1v) is 7.34. The standard InChI is InChI=1S/C15H25N3O.HI/c1-12(2)17-15(18-13-6-3-4-7-13)16-10-9-14-8-5-11-19-14;/h5,8,11-13H,3-4,6-7,9-10H2,1-2H3,(H2,16,17,18);1H. The lowest BCUT2D eigenvalue weighted by Crippen LogP contribution is -2.45. The zero-order valence-electron chi connectivity index (χ0n) is 12.4. The molecule has 0 aromatic carbocycles. The number of aliphatic imine (C=N–C) groups is 1. The van der Waals surface area contributed by atoms with Crippen molar-refractivity contribution in [1.29, 1.82) is 0 Å². The predicted octanol–water partition coefficient (Wildman–Crippen LogP) is 3.33. The van der Waals surface area contributed by atoms with Gasteiger partial charge in [0.2, 0.25) is 0 Å². The number of hydrogen-bond donors (Lipinski definition) is 2. The van der Waals surface area contributed by atoms with E-state index in [-0.39, 0.29) is 24.0 Å². The second-order valence-corrected chi connectivity index (χ2v) is 5.48. The van der Waals surface area contributed by atoms with Crippen molar-refractivity contribution in [3.63, 3.8) is 0 Å². The lowest BCUT2D eigenvalue weighted by Gasteiger charge is -2.19. The maximum absolute atomic E-state index is 5.32. The lowest BCUT2D eigenvalue weighted by molar-refractivity contribution is 0.510. The van der Waals surface area contributed by atoms with Gasteiger partial charge in [-0.25, -0.2) is 0 Å². The molecule has 1 aliphatic rings.